The highest BCUT2D eigenvalue weighted by atomic mass is 16.2. The van der Waals surface area contributed by atoms with Crippen molar-refractivity contribution in [1.82, 2.24) is 15.0 Å². The molecule has 0 bridgehead atoms. The molecular weight excluding hydrogens is 456 g/mol. The normalized spacial score (nSPS) is 16.0. The molecule has 2 heterocycles. The molecule has 0 fully saturated rings. The third kappa shape index (κ3) is 5.77. The fraction of sp³-hybridized carbons (Fsp3) is 0.312. The predicted molar refractivity (Wildman–Crippen MR) is 149 cm³/mol. The highest BCUT2D eigenvalue weighted by Gasteiger charge is 2.34. The van der Waals surface area contributed by atoms with Crippen LogP contribution in [0.5, 0.6) is 0 Å². The Morgan fingerprint density at radius 3 is 2.32 bits per heavy atom. The smallest absolute Gasteiger partial charge is 0.244 e. The number of aromatic amines is 1. The number of hydrogen-bond acceptors (Lipinski definition) is 3. The van der Waals surface area contributed by atoms with Crippen LogP contribution in [-0.4, -0.2) is 27.4 Å². The number of hydrazine groups is 1. The van der Waals surface area contributed by atoms with Gasteiger partial charge in [0.25, 0.3) is 0 Å². The Bertz CT molecular complexity index is 1310. The number of anilines is 1. The monoisotopic (exact) mass is 492 g/mol. The van der Waals surface area contributed by atoms with Crippen LogP contribution in [0.2, 0.25) is 0 Å². The fourth-order valence-corrected chi connectivity index (χ4v) is 5.14. The van der Waals surface area contributed by atoms with Gasteiger partial charge in [-0.1, -0.05) is 93.6 Å². The van der Waals surface area contributed by atoms with Gasteiger partial charge in [0.15, 0.2) is 0 Å². The third-order valence-electron chi connectivity index (χ3n) is 7.25. The number of nitrogens with zero attached hydrogens (tertiary/aromatic N) is 3. The lowest BCUT2D eigenvalue weighted by Gasteiger charge is -2.36. The molecule has 0 saturated carbocycles. The van der Waals surface area contributed by atoms with Gasteiger partial charge in [0, 0.05) is 18.7 Å². The molecule has 1 aliphatic rings. The third-order valence-corrected chi connectivity index (χ3v) is 7.25. The molecule has 4 aromatic rings. The van der Waals surface area contributed by atoms with Crippen molar-refractivity contribution in [2.75, 3.05) is 11.6 Å². The van der Waals surface area contributed by atoms with E-state index in [1.807, 2.05) is 17.3 Å². The lowest BCUT2D eigenvalue weighted by Crippen LogP contribution is -2.49. The summed E-state index contributed by atoms with van der Waals surface area (Å²) in [6.07, 6.45) is 5.82. The van der Waals surface area contributed by atoms with Crippen molar-refractivity contribution in [3.8, 4) is 0 Å². The first-order valence-corrected chi connectivity index (χ1v) is 13.2. The van der Waals surface area contributed by atoms with Crippen LogP contribution in [0.3, 0.4) is 0 Å². The molecule has 0 saturated heterocycles. The summed E-state index contributed by atoms with van der Waals surface area (Å²) in [7, 11) is 0. The van der Waals surface area contributed by atoms with E-state index in [1.54, 1.807) is 6.33 Å². The molecule has 190 valence electrons. The standard InChI is InChI=1S/C32H36N4O/c1-32(2,3)28-15-13-25(14-16-28)19-27-20-26-11-7-8-12-30(26)36(22-29-21-33-23-34-29)35(31(27)37)18-17-24-9-5-4-6-10-24/h4-16,21,23,27H,17-20,22H2,1-3H3,(H,33,34). The molecule has 37 heavy (non-hydrogen) atoms. The Balaban J connectivity index is 1.48. The predicted octanol–water partition coefficient (Wildman–Crippen LogP) is 6.12. The zero-order valence-corrected chi connectivity index (χ0v) is 22.0. The second kappa shape index (κ2) is 10.6. The average Bonchev–Trinajstić information content (AvgIpc) is 3.38. The molecule has 5 rings (SSSR count). The van der Waals surface area contributed by atoms with E-state index in [-0.39, 0.29) is 17.2 Å². The fourth-order valence-electron chi connectivity index (χ4n) is 5.14. The maximum Gasteiger partial charge on any atom is 0.244 e. The van der Waals surface area contributed by atoms with Crippen molar-refractivity contribution in [2.45, 2.75) is 52.0 Å². The molecule has 1 amide bonds. The van der Waals surface area contributed by atoms with Crippen LogP contribution in [0.1, 0.15) is 48.7 Å². The first kappa shape index (κ1) is 24.8. The molecule has 1 atom stereocenters. The number of hydrogen-bond donors (Lipinski definition) is 1. The van der Waals surface area contributed by atoms with Gasteiger partial charge in [0.05, 0.1) is 24.3 Å². The van der Waals surface area contributed by atoms with Gasteiger partial charge in [-0.2, -0.15) is 0 Å². The van der Waals surface area contributed by atoms with Gasteiger partial charge in [-0.3, -0.25) is 14.8 Å². The first-order chi connectivity index (χ1) is 17.9. The van der Waals surface area contributed by atoms with E-state index in [2.05, 4.69) is 109 Å². The van der Waals surface area contributed by atoms with Crippen molar-refractivity contribution in [1.29, 1.82) is 0 Å². The zero-order valence-electron chi connectivity index (χ0n) is 22.0. The van der Waals surface area contributed by atoms with Crippen molar-refractivity contribution in [2.24, 2.45) is 5.92 Å². The van der Waals surface area contributed by atoms with Crippen LogP contribution < -0.4 is 5.01 Å². The van der Waals surface area contributed by atoms with Gasteiger partial charge in [-0.25, -0.2) is 4.98 Å². The van der Waals surface area contributed by atoms with E-state index in [0.717, 1.165) is 30.6 Å². The Hall–Kier alpha value is -3.86. The number of nitrogens with one attached hydrogen (secondary N) is 1. The van der Waals surface area contributed by atoms with Gasteiger partial charge >= 0.3 is 0 Å². The first-order valence-electron chi connectivity index (χ1n) is 13.2. The van der Waals surface area contributed by atoms with Crippen LogP contribution in [0.15, 0.2) is 91.4 Å². The minimum absolute atomic E-state index is 0.108. The molecular formula is C32H36N4O. The Labute approximate surface area is 220 Å². The summed E-state index contributed by atoms with van der Waals surface area (Å²) in [5.41, 5.74) is 7.03. The molecule has 5 nitrogen and oxygen atoms in total. The van der Waals surface area contributed by atoms with Crippen molar-refractivity contribution >= 4 is 11.6 Å². The molecule has 3 aromatic carbocycles. The number of aromatic nitrogens is 2. The summed E-state index contributed by atoms with van der Waals surface area (Å²) in [5.74, 6) is 0.0316. The highest BCUT2D eigenvalue weighted by Crippen LogP contribution is 2.33. The topological polar surface area (TPSA) is 52.2 Å². The maximum absolute atomic E-state index is 14.3. The minimum atomic E-state index is -0.137. The number of rotatable bonds is 7. The Kier molecular flexibility index (Phi) is 7.13. The van der Waals surface area contributed by atoms with Crippen molar-refractivity contribution in [3.05, 3.63) is 119 Å². The molecule has 0 aliphatic carbocycles. The summed E-state index contributed by atoms with van der Waals surface area (Å²) in [4.78, 5) is 21.8. The van der Waals surface area contributed by atoms with Crippen LogP contribution in [0.4, 0.5) is 5.69 Å². The van der Waals surface area contributed by atoms with Crippen molar-refractivity contribution < 1.29 is 4.79 Å². The van der Waals surface area contributed by atoms with Gasteiger partial charge in [-0.15, -0.1) is 0 Å². The number of H-pyrrole nitrogens is 1. The number of carbonyl (C=O) groups is 1. The molecule has 0 spiro atoms. The Morgan fingerprint density at radius 2 is 1.62 bits per heavy atom. The molecule has 1 aromatic heterocycles. The van der Waals surface area contributed by atoms with Gasteiger partial charge in [-0.05, 0) is 53.0 Å². The summed E-state index contributed by atoms with van der Waals surface area (Å²) in [5, 5.41) is 4.11. The SMILES string of the molecule is CC(C)(C)c1ccc(CC2Cc3ccccc3N(Cc3c[nH]cn3)N(CCc3ccccc3)C2=O)cc1. The lowest BCUT2D eigenvalue weighted by molar-refractivity contribution is -0.136. The van der Waals surface area contributed by atoms with Crippen LogP contribution in [-0.2, 0) is 36.0 Å². The van der Waals surface area contributed by atoms with Crippen LogP contribution in [0, 0.1) is 5.92 Å². The summed E-state index contributed by atoms with van der Waals surface area (Å²) >= 11 is 0. The van der Waals surface area contributed by atoms with Gasteiger partial charge in [0.2, 0.25) is 5.91 Å². The number of para-hydroxylation sites is 1. The summed E-state index contributed by atoms with van der Waals surface area (Å²) < 4.78 is 0. The molecule has 1 N–H and O–H groups in total. The molecule has 1 aliphatic heterocycles. The number of amides is 1. The molecule has 5 heteroatoms. The zero-order chi connectivity index (χ0) is 25.8. The number of fused-ring (bicyclic) bond motifs is 1. The highest BCUT2D eigenvalue weighted by molar-refractivity contribution is 5.83. The molecule has 0 radical (unpaired) electrons. The number of carbonyl (C=O) groups excluding carboxylic acids is 1. The average molecular weight is 493 g/mol. The van der Waals surface area contributed by atoms with E-state index >= 15 is 0 Å². The quantitative estimate of drug-likeness (QED) is 0.338. The second-order valence-corrected chi connectivity index (χ2v) is 11.0. The van der Waals surface area contributed by atoms with E-state index in [0.29, 0.717) is 13.1 Å². The second-order valence-electron chi connectivity index (χ2n) is 11.0. The molecule has 1 unspecified atom stereocenters. The number of imidazole rings is 1. The van der Waals surface area contributed by atoms with Crippen molar-refractivity contribution in [3.63, 3.8) is 0 Å². The largest absolute Gasteiger partial charge is 0.351 e. The minimum Gasteiger partial charge on any atom is -0.351 e. The van der Waals surface area contributed by atoms with Crippen LogP contribution in [0.25, 0.3) is 0 Å². The summed E-state index contributed by atoms with van der Waals surface area (Å²) in [6, 6.07) is 27.6. The van der Waals surface area contributed by atoms with Gasteiger partial charge < -0.3 is 4.98 Å². The van der Waals surface area contributed by atoms with E-state index in [4.69, 9.17) is 0 Å². The Morgan fingerprint density at radius 1 is 0.892 bits per heavy atom. The summed E-state index contributed by atoms with van der Waals surface area (Å²) in [6.45, 7) is 7.83. The van der Waals surface area contributed by atoms with Gasteiger partial charge in [0.1, 0.15) is 0 Å². The maximum atomic E-state index is 14.3. The lowest BCUT2D eigenvalue weighted by atomic mass is 9.85. The van der Waals surface area contributed by atoms with E-state index in [1.165, 1.54) is 22.3 Å². The number of benzene rings is 3. The van der Waals surface area contributed by atoms with Crippen LogP contribution >= 0.6 is 0 Å². The van der Waals surface area contributed by atoms with E-state index in [9.17, 15) is 4.79 Å². The van der Waals surface area contributed by atoms with E-state index < -0.39 is 0 Å².